The SMILES string of the molecule is CO[C@]1(C)C[C@H](O[C@H]2[C@H](C)[C@@H](O[C@@H]3O[C@H](C)C[C@H](N(C)C)[C@H]3O)[C@](C)(O)C[C@@H](C)CN(C)C[C@@H]3OC(=O)O[C@@]34CC[C@H]4OC(=O)[C@@H]2C)O[C@@H](C)[C@@H]1OC(=O)CCNCCCc1cc2c3c(c1)c(=O)c(C(=O)O)cn3CC2. The van der Waals surface area contributed by atoms with Crippen molar-refractivity contribution in [3.63, 3.8) is 0 Å². The molecule has 17 atom stereocenters. The zero-order chi connectivity index (χ0) is 55.2. The molecule has 21 nitrogen and oxygen atoms in total. The molecule has 0 amide bonds. The molecule has 1 aliphatic carbocycles. The Bertz CT molecular complexity index is 2500. The molecule has 6 heterocycles. The van der Waals surface area contributed by atoms with E-state index < -0.39 is 113 Å². The van der Waals surface area contributed by atoms with E-state index in [1.807, 2.05) is 63.2 Å². The molecule has 1 saturated carbocycles. The van der Waals surface area contributed by atoms with Gasteiger partial charge in [-0.05, 0) is 130 Å². The molecule has 1 aromatic heterocycles. The van der Waals surface area contributed by atoms with Gasteiger partial charge in [-0.1, -0.05) is 19.9 Å². The van der Waals surface area contributed by atoms with Gasteiger partial charge >= 0.3 is 24.1 Å². The molecule has 1 spiro atoms. The van der Waals surface area contributed by atoms with Crippen molar-refractivity contribution in [2.75, 3.05) is 54.4 Å². The number of carbonyl (C=O) groups is 4. The Morgan fingerprint density at radius 2 is 1.71 bits per heavy atom. The average molecular weight is 1070 g/mol. The highest BCUT2D eigenvalue weighted by Crippen LogP contribution is 2.48. The van der Waals surface area contributed by atoms with Gasteiger partial charge in [-0.25, -0.2) is 9.59 Å². The van der Waals surface area contributed by atoms with Crippen LogP contribution in [0.4, 0.5) is 4.79 Å². The predicted molar refractivity (Wildman–Crippen MR) is 275 cm³/mol. The van der Waals surface area contributed by atoms with Gasteiger partial charge in [0.1, 0.15) is 23.4 Å². The molecule has 0 bridgehead atoms. The van der Waals surface area contributed by atoms with Crippen molar-refractivity contribution in [2.45, 2.75) is 197 Å². The Labute approximate surface area is 445 Å². The maximum atomic E-state index is 14.6. The first kappa shape index (κ1) is 57.9. The first-order chi connectivity index (χ1) is 35.8. The van der Waals surface area contributed by atoms with Crippen LogP contribution in [0.15, 0.2) is 23.1 Å². The lowest BCUT2D eigenvalue weighted by atomic mass is 9.72. The maximum Gasteiger partial charge on any atom is 0.509 e. The van der Waals surface area contributed by atoms with Crippen LogP contribution < -0.4 is 10.7 Å². The van der Waals surface area contributed by atoms with Crippen molar-refractivity contribution in [3.8, 4) is 0 Å². The smallest absolute Gasteiger partial charge is 0.477 e. The molecule has 0 radical (unpaired) electrons. The number of nitrogens with zero attached hydrogens (tertiary/aromatic N) is 3. The Morgan fingerprint density at radius 3 is 2.39 bits per heavy atom. The second-order valence-electron chi connectivity index (χ2n) is 23.4. The Morgan fingerprint density at radius 1 is 0.961 bits per heavy atom. The molecule has 8 rings (SSSR count). The summed E-state index contributed by atoms with van der Waals surface area (Å²) < 4.78 is 58.5. The molecule has 2 aromatic rings. The van der Waals surface area contributed by atoms with Crippen molar-refractivity contribution < 1.29 is 77.1 Å². The minimum absolute atomic E-state index is 0.0534. The molecule has 0 unspecified atom stereocenters. The predicted octanol–water partition coefficient (Wildman–Crippen LogP) is 3.79. The summed E-state index contributed by atoms with van der Waals surface area (Å²) >= 11 is 0. The fraction of sp³-hybridized carbons (Fsp3) is 0.764. The van der Waals surface area contributed by atoms with E-state index in [4.69, 9.17) is 42.6 Å². The van der Waals surface area contributed by atoms with Crippen molar-refractivity contribution in [2.24, 2.45) is 17.8 Å². The molecule has 1 aromatic carbocycles. The minimum atomic E-state index is -1.60. The van der Waals surface area contributed by atoms with E-state index in [1.54, 1.807) is 26.8 Å². The van der Waals surface area contributed by atoms with Gasteiger partial charge in [0.2, 0.25) is 5.43 Å². The number of benzene rings is 1. The highest BCUT2D eigenvalue weighted by molar-refractivity contribution is 5.94. The zero-order valence-electron chi connectivity index (χ0n) is 46.1. The Hall–Kier alpha value is -4.29. The monoisotopic (exact) mass is 1070 g/mol. The summed E-state index contributed by atoms with van der Waals surface area (Å²) in [5.41, 5.74) is -1.84. The molecular weight excluding hydrogens is 989 g/mol. The van der Waals surface area contributed by atoms with Crippen LogP contribution in [0.25, 0.3) is 10.9 Å². The van der Waals surface area contributed by atoms with Crippen molar-refractivity contribution in [1.29, 1.82) is 0 Å². The number of esters is 2. The lowest BCUT2D eigenvalue weighted by Gasteiger charge is -2.49. The minimum Gasteiger partial charge on any atom is -0.477 e. The van der Waals surface area contributed by atoms with E-state index in [1.165, 1.54) is 13.3 Å². The second-order valence-corrected chi connectivity index (χ2v) is 23.4. The lowest BCUT2D eigenvalue weighted by molar-refractivity contribution is -0.319. The zero-order valence-corrected chi connectivity index (χ0v) is 46.1. The first-order valence-corrected chi connectivity index (χ1v) is 27.2. The van der Waals surface area contributed by atoms with Gasteiger partial charge < -0.3 is 77.6 Å². The topological polar surface area (TPSA) is 253 Å². The second kappa shape index (κ2) is 23.2. The fourth-order valence-corrected chi connectivity index (χ4v) is 13.0. The number of carboxylic acid groups (broad SMARTS) is 1. The van der Waals surface area contributed by atoms with Crippen LogP contribution in [-0.2, 0) is 71.6 Å². The summed E-state index contributed by atoms with van der Waals surface area (Å²) in [6.07, 6.45) is -4.36. The van der Waals surface area contributed by atoms with Gasteiger partial charge in [-0.3, -0.25) is 14.4 Å². The van der Waals surface area contributed by atoms with Gasteiger partial charge in [0.15, 0.2) is 30.4 Å². The number of aryl methyl sites for hydroxylation is 3. The molecule has 4 N–H and O–H groups in total. The van der Waals surface area contributed by atoms with Crippen LogP contribution in [0.1, 0.15) is 115 Å². The molecule has 76 heavy (non-hydrogen) atoms. The largest absolute Gasteiger partial charge is 0.509 e. The van der Waals surface area contributed by atoms with Gasteiger partial charge in [0, 0.05) is 63.3 Å². The first-order valence-electron chi connectivity index (χ1n) is 27.2. The fourth-order valence-electron chi connectivity index (χ4n) is 13.0. The molecule has 4 saturated heterocycles. The average Bonchev–Trinajstić information content (AvgIpc) is 3.95. The maximum absolute atomic E-state index is 14.6. The molecule has 5 fully saturated rings. The number of nitrogens with one attached hydrogen (secondary N) is 1. The molecule has 6 aliphatic rings. The number of aromatic carboxylic acids is 1. The number of hydrogen-bond donors (Lipinski definition) is 4. The third-order valence-corrected chi connectivity index (χ3v) is 17.0. The number of aliphatic hydroxyl groups is 2. The van der Waals surface area contributed by atoms with Crippen LogP contribution in [-0.4, -0.2) is 192 Å². The van der Waals surface area contributed by atoms with Gasteiger partial charge in [-0.15, -0.1) is 0 Å². The van der Waals surface area contributed by atoms with Gasteiger partial charge in [-0.2, -0.15) is 0 Å². The van der Waals surface area contributed by atoms with Gasteiger partial charge in [0.05, 0.1) is 47.9 Å². The molecular formula is C55H82N4O17. The number of likely N-dealkylation sites (N-methyl/N-ethyl adjacent to an activating group) is 2. The summed E-state index contributed by atoms with van der Waals surface area (Å²) in [6.45, 7) is 15.0. The standard InChI is InChI=1S/C55H82N4O17/c1-29-24-53(6,67)47(75-51-45(62)38(57(8)9)21-30(2)69-51)31(3)46(32(4)50(65)71-39-14-17-55(39)40(28-58(10)26-29)72-52(66)76-55)74-42-25-54(7,68-11)48(33(5)70-42)73-41(60)15-19-56-18-12-13-34-22-35-16-20-59-27-37(49(63)64)44(61)36(23-34)43(35)59/h22-23,27,29-33,38-40,42,45-48,51,56,62,67H,12-21,24-26,28H2,1-11H3,(H,63,64)/t29-,30-,31+,32-,33+,38+,39-,40+,42+,45-,46+,47-,48+,51+,53-,54-,55-/m1/s1. The van der Waals surface area contributed by atoms with Crippen LogP contribution >= 0.6 is 0 Å². The van der Waals surface area contributed by atoms with E-state index >= 15 is 0 Å². The number of aliphatic hydroxyl groups excluding tert-OH is 1. The quantitative estimate of drug-likeness (QED) is 0.112. The van der Waals surface area contributed by atoms with Crippen LogP contribution in [0.5, 0.6) is 0 Å². The third-order valence-electron chi connectivity index (χ3n) is 17.0. The number of carbonyl (C=O) groups excluding carboxylic acids is 3. The number of rotatable bonds is 15. The van der Waals surface area contributed by atoms with Gasteiger partial charge in [0.25, 0.3) is 0 Å². The highest BCUT2D eigenvalue weighted by atomic mass is 16.8. The summed E-state index contributed by atoms with van der Waals surface area (Å²) in [5.74, 6) is -4.32. The summed E-state index contributed by atoms with van der Waals surface area (Å²) in [4.78, 5) is 69.6. The van der Waals surface area contributed by atoms with Crippen LogP contribution in [0.3, 0.4) is 0 Å². The lowest BCUT2D eigenvalue weighted by Crippen LogP contribution is -2.62. The van der Waals surface area contributed by atoms with E-state index in [0.717, 1.165) is 23.1 Å². The number of carboxylic acids is 1. The van der Waals surface area contributed by atoms with E-state index in [2.05, 4.69) is 11.4 Å². The number of ether oxygens (including phenoxy) is 9. The van der Waals surface area contributed by atoms with E-state index in [-0.39, 0.29) is 42.9 Å². The number of methoxy groups -OCH3 is 1. The number of pyridine rings is 1. The Kier molecular flexibility index (Phi) is 17.7. The summed E-state index contributed by atoms with van der Waals surface area (Å²) in [7, 11) is 7.18. The van der Waals surface area contributed by atoms with Crippen molar-refractivity contribution in [1.82, 2.24) is 19.7 Å². The number of hydrogen-bond acceptors (Lipinski definition) is 19. The normalized spacial score (nSPS) is 38.2. The van der Waals surface area contributed by atoms with E-state index in [0.29, 0.717) is 70.2 Å². The van der Waals surface area contributed by atoms with Crippen molar-refractivity contribution >= 4 is 35.0 Å². The molecule has 5 aliphatic heterocycles. The number of aromatic nitrogens is 1. The summed E-state index contributed by atoms with van der Waals surface area (Å²) in [6, 6.07) is 3.56. The van der Waals surface area contributed by atoms with Crippen molar-refractivity contribution in [3.05, 3.63) is 45.2 Å². The van der Waals surface area contributed by atoms with Crippen LogP contribution in [0, 0.1) is 17.8 Å². The summed E-state index contributed by atoms with van der Waals surface area (Å²) in [5, 5.41) is 37.8. The van der Waals surface area contributed by atoms with E-state index in [9.17, 15) is 39.3 Å². The Balaban J connectivity index is 0.959. The highest BCUT2D eigenvalue weighted by Gasteiger charge is 2.64. The van der Waals surface area contributed by atoms with Crippen LogP contribution in [0.2, 0.25) is 0 Å². The molecule has 424 valence electrons. The third kappa shape index (κ3) is 12.0. The molecule has 21 heteroatoms.